The summed E-state index contributed by atoms with van der Waals surface area (Å²) in [7, 11) is 1.44. The zero-order valence-electron chi connectivity index (χ0n) is 9.17. The number of alkyl halides is 3. The second-order valence-electron chi connectivity index (χ2n) is 3.19. The van der Waals surface area contributed by atoms with Crippen molar-refractivity contribution in [3.63, 3.8) is 0 Å². The van der Waals surface area contributed by atoms with E-state index in [1.165, 1.54) is 19.2 Å². The van der Waals surface area contributed by atoms with Gasteiger partial charge in [-0.15, -0.1) is 6.42 Å². The van der Waals surface area contributed by atoms with E-state index in [0.717, 1.165) is 6.07 Å². The van der Waals surface area contributed by atoms with Crippen LogP contribution in [0.1, 0.15) is 11.1 Å². The fourth-order valence-corrected chi connectivity index (χ4v) is 1.20. The van der Waals surface area contributed by atoms with Gasteiger partial charge in [0.05, 0.1) is 12.2 Å². The van der Waals surface area contributed by atoms with Crippen LogP contribution < -0.4 is 4.74 Å². The van der Waals surface area contributed by atoms with Crippen molar-refractivity contribution in [2.24, 2.45) is 0 Å². The molecule has 17 heavy (non-hydrogen) atoms. The topological polar surface area (TPSA) is 18.5 Å². The number of terminal acetylenes is 1. The number of hydrogen-bond acceptors (Lipinski definition) is 2. The minimum Gasteiger partial charge on any atom is -0.491 e. The fraction of sp³-hybridized carbons (Fsp3) is 0.333. The normalized spacial score (nSPS) is 11.0. The molecule has 5 heteroatoms. The molecule has 0 saturated heterocycles. The van der Waals surface area contributed by atoms with E-state index in [1.54, 1.807) is 0 Å². The maximum Gasteiger partial charge on any atom is 0.420 e. The van der Waals surface area contributed by atoms with Crippen LogP contribution in [0.15, 0.2) is 18.2 Å². The average Bonchev–Trinajstić information content (AvgIpc) is 2.28. The van der Waals surface area contributed by atoms with E-state index < -0.39 is 11.7 Å². The first-order valence-electron chi connectivity index (χ1n) is 4.78. The number of methoxy groups -OCH3 is 1. The summed E-state index contributed by atoms with van der Waals surface area (Å²) in [4.78, 5) is 0. The lowest BCUT2D eigenvalue weighted by Gasteiger charge is -2.14. The van der Waals surface area contributed by atoms with Gasteiger partial charge < -0.3 is 9.47 Å². The quantitative estimate of drug-likeness (QED) is 0.599. The van der Waals surface area contributed by atoms with Crippen LogP contribution >= 0.6 is 0 Å². The summed E-state index contributed by atoms with van der Waals surface area (Å²) in [6.45, 7) is 0.267. The van der Waals surface area contributed by atoms with Crippen LogP contribution in [0.25, 0.3) is 0 Å². The Morgan fingerprint density at radius 3 is 2.53 bits per heavy atom. The van der Waals surface area contributed by atoms with Gasteiger partial charge in [0.15, 0.2) is 0 Å². The van der Waals surface area contributed by atoms with E-state index in [4.69, 9.17) is 15.9 Å². The van der Waals surface area contributed by atoms with Crippen LogP contribution in [-0.4, -0.2) is 20.3 Å². The molecule has 0 spiro atoms. The molecule has 0 saturated carbocycles. The zero-order valence-corrected chi connectivity index (χ0v) is 9.17. The van der Waals surface area contributed by atoms with Gasteiger partial charge in [0.25, 0.3) is 0 Å². The molecule has 0 unspecified atom stereocenters. The number of rotatable bonds is 4. The van der Waals surface area contributed by atoms with E-state index in [9.17, 15) is 13.2 Å². The Bertz CT molecular complexity index is 419. The van der Waals surface area contributed by atoms with Crippen LogP contribution in [0, 0.1) is 12.3 Å². The lowest BCUT2D eigenvalue weighted by atomic mass is 10.1. The van der Waals surface area contributed by atoms with Gasteiger partial charge in [0.1, 0.15) is 12.4 Å². The third-order valence-corrected chi connectivity index (χ3v) is 2.00. The summed E-state index contributed by atoms with van der Waals surface area (Å²) in [5.41, 5.74) is -0.708. The Labute approximate surface area is 97.3 Å². The van der Waals surface area contributed by atoms with E-state index in [0.29, 0.717) is 0 Å². The van der Waals surface area contributed by atoms with Gasteiger partial charge in [0.2, 0.25) is 0 Å². The van der Waals surface area contributed by atoms with Gasteiger partial charge in [-0.3, -0.25) is 0 Å². The monoisotopic (exact) mass is 244 g/mol. The van der Waals surface area contributed by atoms with E-state index in [-0.39, 0.29) is 24.5 Å². The minimum atomic E-state index is -4.49. The smallest absolute Gasteiger partial charge is 0.420 e. The minimum absolute atomic E-state index is 0.0506. The van der Waals surface area contributed by atoms with Crippen molar-refractivity contribution in [1.82, 2.24) is 0 Å². The maximum atomic E-state index is 12.7. The Kier molecular flexibility index (Phi) is 4.41. The molecule has 0 heterocycles. The maximum absolute atomic E-state index is 12.7. The third-order valence-electron chi connectivity index (χ3n) is 2.00. The molecule has 0 bridgehead atoms. The highest BCUT2D eigenvalue weighted by Gasteiger charge is 2.34. The summed E-state index contributed by atoms with van der Waals surface area (Å²) in [6.07, 6.45) is 0.565. The molecule has 0 radical (unpaired) electrons. The zero-order chi connectivity index (χ0) is 12.9. The Morgan fingerprint density at radius 1 is 1.29 bits per heavy atom. The molecule has 0 aliphatic rings. The largest absolute Gasteiger partial charge is 0.491 e. The van der Waals surface area contributed by atoms with Gasteiger partial charge in [-0.25, -0.2) is 0 Å². The molecule has 0 aromatic heterocycles. The average molecular weight is 244 g/mol. The predicted molar refractivity (Wildman–Crippen MR) is 56.8 cm³/mol. The van der Waals surface area contributed by atoms with E-state index >= 15 is 0 Å². The first-order valence-corrected chi connectivity index (χ1v) is 4.78. The molecule has 0 aliphatic heterocycles. The summed E-state index contributed by atoms with van der Waals surface area (Å²) in [6, 6.07) is 3.51. The fourth-order valence-electron chi connectivity index (χ4n) is 1.20. The van der Waals surface area contributed by atoms with Crippen molar-refractivity contribution in [3.05, 3.63) is 29.3 Å². The van der Waals surface area contributed by atoms with Crippen LogP contribution in [0.5, 0.6) is 5.75 Å². The van der Waals surface area contributed by atoms with Crippen LogP contribution in [0.3, 0.4) is 0 Å². The number of hydrogen-bond donors (Lipinski definition) is 0. The van der Waals surface area contributed by atoms with E-state index in [2.05, 4.69) is 5.92 Å². The molecular weight excluding hydrogens is 233 g/mol. The Morgan fingerprint density at radius 2 is 2.00 bits per heavy atom. The first kappa shape index (κ1) is 13.4. The summed E-state index contributed by atoms with van der Waals surface area (Å²) in [5, 5.41) is 0. The van der Waals surface area contributed by atoms with E-state index in [1.807, 2.05) is 0 Å². The van der Waals surface area contributed by atoms with Gasteiger partial charge in [-0.1, -0.05) is 5.92 Å². The van der Waals surface area contributed by atoms with Gasteiger partial charge >= 0.3 is 6.18 Å². The molecule has 0 atom stereocenters. The van der Waals surface area contributed by atoms with Crippen molar-refractivity contribution in [1.29, 1.82) is 0 Å². The highest BCUT2D eigenvalue weighted by atomic mass is 19.4. The standard InChI is InChI=1S/C12H11F3O2/c1-3-9-4-5-11(17-7-6-16-2)10(8-9)12(13,14)15/h1,4-5,8H,6-7H2,2H3. The lowest BCUT2D eigenvalue weighted by molar-refractivity contribution is -0.139. The van der Waals surface area contributed by atoms with Crippen LogP contribution in [0.4, 0.5) is 13.2 Å². The third kappa shape index (κ3) is 3.68. The lowest BCUT2D eigenvalue weighted by Crippen LogP contribution is -2.11. The SMILES string of the molecule is C#Cc1ccc(OCCOC)c(C(F)(F)F)c1. The highest BCUT2D eigenvalue weighted by molar-refractivity contribution is 5.44. The molecule has 0 amide bonds. The summed E-state index contributed by atoms with van der Waals surface area (Å²) >= 11 is 0. The van der Waals surface area contributed by atoms with Gasteiger partial charge in [-0.2, -0.15) is 13.2 Å². The van der Waals surface area contributed by atoms with Crippen molar-refractivity contribution in [2.45, 2.75) is 6.18 Å². The molecule has 92 valence electrons. The number of halogens is 3. The second kappa shape index (κ2) is 5.60. The molecule has 2 nitrogen and oxygen atoms in total. The molecule has 1 aromatic carbocycles. The summed E-state index contributed by atoms with van der Waals surface area (Å²) < 4.78 is 47.8. The molecule has 0 N–H and O–H groups in total. The molecule has 0 fully saturated rings. The summed E-state index contributed by atoms with van der Waals surface area (Å²) in [5.74, 6) is 1.91. The Balaban J connectivity index is 3.00. The number of benzene rings is 1. The number of ether oxygens (including phenoxy) is 2. The predicted octanol–water partition coefficient (Wildman–Crippen LogP) is 2.71. The molecule has 1 rings (SSSR count). The van der Waals surface area contributed by atoms with Crippen LogP contribution in [-0.2, 0) is 10.9 Å². The van der Waals surface area contributed by atoms with Gasteiger partial charge in [-0.05, 0) is 18.2 Å². The molecule has 0 aliphatic carbocycles. The van der Waals surface area contributed by atoms with Gasteiger partial charge in [0, 0.05) is 12.7 Å². The Hall–Kier alpha value is -1.67. The van der Waals surface area contributed by atoms with Crippen molar-refractivity contribution < 1.29 is 22.6 Å². The van der Waals surface area contributed by atoms with Crippen molar-refractivity contribution >= 4 is 0 Å². The molecular formula is C12H11F3O2. The van der Waals surface area contributed by atoms with Crippen LogP contribution in [0.2, 0.25) is 0 Å². The molecule has 1 aromatic rings. The van der Waals surface area contributed by atoms with Crippen molar-refractivity contribution in [2.75, 3.05) is 20.3 Å². The highest BCUT2D eigenvalue weighted by Crippen LogP contribution is 2.36. The second-order valence-corrected chi connectivity index (χ2v) is 3.19. The first-order chi connectivity index (χ1) is 7.99. The van der Waals surface area contributed by atoms with Crippen molar-refractivity contribution in [3.8, 4) is 18.1 Å².